The van der Waals surface area contributed by atoms with Gasteiger partial charge in [0, 0.05) is 32.5 Å². The number of hydrogen-bond acceptors (Lipinski definition) is 3. The normalized spacial score (nSPS) is 11.5. The number of imidazole rings is 1. The van der Waals surface area contributed by atoms with Gasteiger partial charge >= 0.3 is 0 Å². The molecule has 0 bridgehead atoms. The summed E-state index contributed by atoms with van der Waals surface area (Å²) in [5, 5.41) is 5.30. The maximum absolute atomic E-state index is 6.51. The Labute approximate surface area is 118 Å². The van der Waals surface area contributed by atoms with E-state index in [2.05, 4.69) is 35.9 Å². The number of nitrogens with zero attached hydrogens (tertiary/aromatic N) is 5. The molecule has 0 fully saturated rings. The molecule has 0 N–H and O–H groups in total. The molecule has 5 nitrogen and oxygen atoms in total. The van der Waals surface area contributed by atoms with E-state index in [9.17, 15) is 0 Å². The van der Waals surface area contributed by atoms with Crippen LogP contribution in [0.25, 0.3) is 11.5 Å². The van der Waals surface area contributed by atoms with Gasteiger partial charge in [-0.25, -0.2) is 4.98 Å². The highest BCUT2D eigenvalue weighted by Gasteiger charge is 2.20. The monoisotopic (exact) mass is 281 g/mol. The van der Waals surface area contributed by atoms with E-state index < -0.39 is 0 Å². The van der Waals surface area contributed by atoms with Gasteiger partial charge in [-0.1, -0.05) is 18.5 Å². The lowest BCUT2D eigenvalue weighted by Gasteiger charge is -2.14. The van der Waals surface area contributed by atoms with Crippen LogP contribution in [0.2, 0.25) is 5.02 Å². The van der Waals surface area contributed by atoms with Crippen LogP contribution >= 0.6 is 11.6 Å². The molecule has 0 aliphatic heterocycles. The third-order valence-electron chi connectivity index (χ3n) is 3.29. The summed E-state index contributed by atoms with van der Waals surface area (Å²) in [4.78, 5) is 6.53. The highest BCUT2D eigenvalue weighted by atomic mass is 35.5. The summed E-state index contributed by atoms with van der Waals surface area (Å²) in [6, 6.07) is 0. The van der Waals surface area contributed by atoms with Gasteiger partial charge in [-0.3, -0.25) is 4.68 Å². The van der Waals surface area contributed by atoms with Crippen LogP contribution < -0.4 is 0 Å². The van der Waals surface area contributed by atoms with Gasteiger partial charge < -0.3 is 9.47 Å². The zero-order valence-electron chi connectivity index (χ0n) is 11.9. The first-order chi connectivity index (χ1) is 9.08. The Morgan fingerprint density at radius 1 is 1.37 bits per heavy atom. The number of aromatic nitrogens is 4. The molecule has 2 aromatic rings. The molecule has 0 spiro atoms. The summed E-state index contributed by atoms with van der Waals surface area (Å²) in [5.41, 5.74) is 1.81. The fourth-order valence-electron chi connectivity index (χ4n) is 1.99. The molecule has 0 saturated carbocycles. The molecule has 104 valence electrons. The second-order valence-electron chi connectivity index (χ2n) is 4.62. The molecule has 0 saturated heterocycles. The number of halogens is 1. The van der Waals surface area contributed by atoms with Crippen molar-refractivity contribution >= 4 is 11.6 Å². The van der Waals surface area contributed by atoms with Crippen molar-refractivity contribution in [3.8, 4) is 11.5 Å². The molecule has 0 amide bonds. The van der Waals surface area contributed by atoms with E-state index in [-0.39, 0.29) is 0 Å². The Bertz CT molecular complexity index is 557. The van der Waals surface area contributed by atoms with Gasteiger partial charge in [0.2, 0.25) is 0 Å². The first kappa shape index (κ1) is 14.1. The SMILES string of the molecule is CCN(C)Cc1c(Cl)c(-c2nccn2C)nn1CC. The van der Waals surface area contributed by atoms with Crippen LogP contribution in [0.1, 0.15) is 19.5 Å². The lowest BCUT2D eigenvalue weighted by molar-refractivity contribution is 0.332. The zero-order valence-corrected chi connectivity index (χ0v) is 12.6. The van der Waals surface area contributed by atoms with Crippen molar-refractivity contribution in [2.45, 2.75) is 26.9 Å². The molecule has 2 heterocycles. The quantitative estimate of drug-likeness (QED) is 0.845. The Balaban J connectivity index is 2.45. The minimum Gasteiger partial charge on any atom is -0.333 e. The smallest absolute Gasteiger partial charge is 0.161 e. The molecule has 0 aliphatic rings. The second kappa shape index (κ2) is 5.75. The van der Waals surface area contributed by atoms with Crippen molar-refractivity contribution in [2.75, 3.05) is 13.6 Å². The summed E-state index contributed by atoms with van der Waals surface area (Å²) < 4.78 is 3.89. The fraction of sp³-hybridized carbons (Fsp3) is 0.538. The van der Waals surface area contributed by atoms with Gasteiger partial charge in [0.05, 0.1) is 10.7 Å². The van der Waals surface area contributed by atoms with Crippen molar-refractivity contribution in [3.05, 3.63) is 23.1 Å². The molecule has 19 heavy (non-hydrogen) atoms. The molecular weight excluding hydrogens is 262 g/mol. The highest BCUT2D eigenvalue weighted by Crippen LogP contribution is 2.29. The number of aryl methyl sites for hydroxylation is 2. The minimum absolute atomic E-state index is 0.705. The average Bonchev–Trinajstić information content (AvgIpc) is 2.95. The molecule has 0 radical (unpaired) electrons. The van der Waals surface area contributed by atoms with E-state index in [1.165, 1.54) is 0 Å². The summed E-state index contributed by atoms with van der Waals surface area (Å²) in [6.07, 6.45) is 3.66. The maximum atomic E-state index is 6.51. The van der Waals surface area contributed by atoms with E-state index in [1.54, 1.807) is 6.20 Å². The second-order valence-corrected chi connectivity index (χ2v) is 5.00. The molecule has 2 rings (SSSR count). The lowest BCUT2D eigenvalue weighted by atomic mass is 10.3. The predicted molar refractivity (Wildman–Crippen MR) is 77.1 cm³/mol. The maximum Gasteiger partial charge on any atom is 0.161 e. The van der Waals surface area contributed by atoms with Gasteiger partial charge in [0.15, 0.2) is 5.82 Å². The fourth-order valence-corrected chi connectivity index (χ4v) is 2.27. The Hall–Kier alpha value is -1.33. The number of rotatable bonds is 5. The van der Waals surface area contributed by atoms with Crippen molar-refractivity contribution in [1.82, 2.24) is 24.2 Å². The summed E-state index contributed by atoms with van der Waals surface area (Å²) in [7, 11) is 4.02. The van der Waals surface area contributed by atoms with E-state index in [1.807, 2.05) is 22.5 Å². The van der Waals surface area contributed by atoms with Gasteiger partial charge in [-0.2, -0.15) is 5.10 Å². The predicted octanol–water partition coefficient (Wildman–Crippen LogP) is 2.41. The van der Waals surface area contributed by atoms with E-state index in [0.717, 1.165) is 36.8 Å². The Morgan fingerprint density at radius 2 is 2.11 bits per heavy atom. The third-order valence-corrected chi connectivity index (χ3v) is 3.68. The molecule has 2 aromatic heterocycles. The first-order valence-corrected chi connectivity index (χ1v) is 6.87. The molecule has 0 atom stereocenters. The van der Waals surface area contributed by atoms with Crippen molar-refractivity contribution < 1.29 is 0 Å². The van der Waals surface area contributed by atoms with Gasteiger partial charge in [-0.05, 0) is 20.5 Å². The lowest BCUT2D eigenvalue weighted by Crippen LogP contribution is -2.19. The van der Waals surface area contributed by atoms with Crippen LogP contribution in [0.3, 0.4) is 0 Å². The zero-order chi connectivity index (χ0) is 14.0. The molecule has 0 unspecified atom stereocenters. The largest absolute Gasteiger partial charge is 0.333 e. The minimum atomic E-state index is 0.705. The Morgan fingerprint density at radius 3 is 2.63 bits per heavy atom. The molecule has 0 aromatic carbocycles. The molecule has 6 heteroatoms. The van der Waals surface area contributed by atoms with Gasteiger partial charge in [-0.15, -0.1) is 0 Å². The van der Waals surface area contributed by atoms with Crippen molar-refractivity contribution in [2.24, 2.45) is 7.05 Å². The van der Waals surface area contributed by atoms with Crippen molar-refractivity contribution in [3.63, 3.8) is 0 Å². The van der Waals surface area contributed by atoms with Crippen LogP contribution in [0.5, 0.6) is 0 Å². The highest BCUT2D eigenvalue weighted by molar-refractivity contribution is 6.33. The van der Waals surface area contributed by atoms with Crippen LogP contribution in [0.15, 0.2) is 12.4 Å². The van der Waals surface area contributed by atoms with Crippen LogP contribution in [0, 0.1) is 0 Å². The molecular formula is C13H20ClN5. The van der Waals surface area contributed by atoms with Crippen LogP contribution in [-0.4, -0.2) is 37.8 Å². The van der Waals surface area contributed by atoms with Crippen LogP contribution in [0.4, 0.5) is 0 Å². The van der Waals surface area contributed by atoms with E-state index in [4.69, 9.17) is 11.6 Å². The number of hydrogen-bond donors (Lipinski definition) is 0. The van der Waals surface area contributed by atoms with E-state index in [0.29, 0.717) is 5.02 Å². The summed E-state index contributed by atoms with van der Waals surface area (Å²) >= 11 is 6.51. The van der Waals surface area contributed by atoms with Crippen molar-refractivity contribution in [1.29, 1.82) is 0 Å². The van der Waals surface area contributed by atoms with Gasteiger partial charge in [0.1, 0.15) is 5.69 Å². The topological polar surface area (TPSA) is 38.9 Å². The third kappa shape index (κ3) is 2.67. The summed E-state index contributed by atoms with van der Waals surface area (Å²) in [5.74, 6) is 0.803. The average molecular weight is 282 g/mol. The van der Waals surface area contributed by atoms with E-state index >= 15 is 0 Å². The summed E-state index contributed by atoms with van der Waals surface area (Å²) in [6.45, 7) is 6.77. The van der Waals surface area contributed by atoms with Gasteiger partial charge in [0.25, 0.3) is 0 Å². The first-order valence-electron chi connectivity index (χ1n) is 6.49. The molecule has 0 aliphatic carbocycles. The van der Waals surface area contributed by atoms with Crippen LogP contribution in [-0.2, 0) is 20.1 Å². The Kier molecular flexibility index (Phi) is 4.27. The standard InChI is InChI=1S/C13H20ClN5/c1-5-17(3)9-10-11(14)12(16-19(10)6-2)13-15-7-8-18(13)4/h7-8H,5-6,9H2,1-4H3.